The molecule has 18 heteroatoms. The molecular formula is C37H43N3O14S. The number of ether oxygens (including phenoxy) is 7. The number of alkyl carbamates (subject to hydrolysis) is 1. The lowest BCUT2D eigenvalue weighted by Gasteiger charge is -2.35. The molecule has 0 spiro atoms. The lowest BCUT2D eigenvalue weighted by molar-refractivity contribution is -0.384. The van der Waals surface area contributed by atoms with Crippen LogP contribution in [0.2, 0.25) is 0 Å². The van der Waals surface area contributed by atoms with Crippen LogP contribution >= 0.6 is 0 Å². The van der Waals surface area contributed by atoms with E-state index in [0.29, 0.717) is 18.8 Å². The monoisotopic (exact) mass is 785 g/mol. The zero-order valence-electron chi connectivity index (χ0n) is 30.2. The Morgan fingerprint density at radius 2 is 1.80 bits per heavy atom. The normalized spacial score (nSPS) is 20.0. The number of aliphatic hydroxyl groups is 1. The Kier molecular flexibility index (Phi) is 12.4. The molecule has 0 aromatic heterocycles. The van der Waals surface area contributed by atoms with Crippen LogP contribution < -0.4 is 19.5 Å². The number of nitro benzene ring substituents is 1. The summed E-state index contributed by atoms with van der Waals surface area (Å²) in [7, 11) is -4.32. The van der Waals surface area contributed by atoms with Gasteiger partial charge in [0, 0.05) is 31.3 Å². The molecule has 3 aromatic rings. The van der Waals surface area contributed by atoms with E-state index in [2.05, 4.69) is 5.32 Å². The molecule has 3 aliphatic rings. The van der Waals surface area contributed by atoms with Gasteiger partial charge in [-0.05, 0) is 54.5 Å². The zero-order valence-corrected chi connectivity index (χ0v) is 31.1. The smallest absolute Gasteiger partial charge is 0.454 e. The van der Waals surface area contributed by atoms with Crippen LogP contribution in [-0.2, 0) is 35.4 Å². The number of hydrogen-bond acceptors (Lipinski definition) is 14. The molecule has 0 unspecified atom stereocenters. The molecule has 6 rings (SSSR count). The third kappa shape index (κ3) is 10.2. The zero-order chi connectivity index (χ0) is 39.2. The minimum Gasteiger partial charge on any atom is -0.454 e. The van der Waals surface area contributed by atoms with Gasteiger partial charge in [-0.15, -0.1) is 0 Å². The molecule has 3 heterocycles. The van der Waals surface area contributed by atoms with Crippen LogP contribution in [0.15, 0.2) is 77.7 Å². The van der Waals surface area contributed by atoms with Gasteiger partial charge in [-0.2, -0.15) is 4.31 Å². The Hall–Kier alpha value is -5.01. The lowest BCUT2D eigenvalue weighted by Crippen LogP contribution is -2.52. The highest BCUT2D eigenvalue weighted by Crippen LogP contribution is 2.36. The van der Waals surface area contributed by atoms with E-state index >= 15 is 0 Å². The maximum absolute atomic E-state index is 14.4. The molecule has 0 radical (unpaired) electrons. The average molecular weight is 786 g/mol. The molecule has 1 amide bonds. The van der Waals surface area contributed by atoms with Crippen LogP contribution in [0.3, 0.4) is 0 Å². The van der Waals surface area contributed by atoms with Crippen molar-refractivity contribution in [1.29, 1.82) is 0 Å². The Morgan fingerprint density at radius 3 is 2.55 bits per heavy atom. The van der Waals surface area contributed by atoms with Crippen LogP contribution in [-0.4, -0.2) is 99.2 Å². The molecule has 296 valence electrons. The van der Waals surface area contributed by atoms with E-state index in [1.807, 2.05) is 30.3 Å². The highest BCUT2D eigenvalue weighted by molar-refractivity contribution is 7.89. The van der Waals surface area contributed by atoms with Crippen molar-refractivity contribution in [3.63, 3.8) is 0 Å². The van der Waals surface area contributed by atoms with Gasteiger partial charge in [-0.3, -0.25) is 10.1 Å². The number of nitrogens with zero attached hydrogens (tertiary/aromatic N) is 2. The summed E-state index contributed by atoms with van der Waals surface area (Å²) >= 11 is 0. The summed E-state index contributed by atoms with van der Waals surface area (Å²) in [5, 5.41) is 25.5. The fourth-order valence-corrected chi connectivity index (χ4v) is 8.18. The first-order chi connectivity index (χ1) is 26.3. The molecule has 0 bridgehead atoms. The average Bonchev–Trinajstić information content (AvgIpc) is 3.90. The molecule has 2 fully saturated rings. The van der Waals surface area contributed by atoms with Crippen molar-refractivity contribution in [1.82, 2.24) is 9.62 Å². The highest BCUT2D eigenvalue weighted by Gasteiger charge is 2.44. The van der Waals surface area contributed by atoms with E-state index < -0.39 is 63.7 Å². The molecule has 0 aliphatic carbocycles. The maximum Gasteiger partial charge on any atom is 0.513 e. The third-order valence-electron chi connectivity index (χ3n) is 9.53. The molecule has 3 aromatic carbocycles. The molecule has 55 heavy (non-hydrogen) atoms. The number of aliphatic hydroxyl groups excluding tert-OH is 1. The van der Waals surface area contributed by atoms with Gasteiger partial charge >= 0.3 is 12.2 Å². The first kappa shape index (κ1) is 39.7. The van der Waals surface area contributed by atoms with Crippen LogP contribution in [0.4, 0.5) is 15.3 Å². The number of hydrogen-bond donors (Lipinski definition) is 2. The van der Waals surface area contributed by atoms with E-state index in [1.165, 1.54) is 42.5 Å². The van der Waals surface area contributed by atoms with Gasteiger partial charge in [-0.1, -0.05) is 44.2 Å². The standard InChI is InChI=1S/C37H43N3O14S/c1-37(2,15-17-49-36(43)53-26-10-8-25(9-11-26)40(44)45)22-39(55(46,47)27-12-13-31-32(19-27)52-23-51-31)20-30(41)29(18-24-6-4-3-5-7-24)38-35(42)54-33-21-50-34-28(33)14-16-48-34/h3-13,19,28-30,33-34,41H,14-18,20-23H2,1-2H3,(H,38,42)/t28-,29-,30-,33-,34+/m0/s1. The predicted molar refractivity (Wildman–Crippen MR) is 192 cm³/mol. The summed E-state index contributed by atoms with van der Waals surface area (Å²) in [5.41, 5.74) is -0.240. The van der Waals surface area contributed by atoms with Gasteiger partial charge in [-0.25, -0.2) is 18.0 Å². The number of nitrogens with one attached hydrogen (secondary N) is 1. The Morgan fingerprint density at radius 1 is 1.05 bits per heavy atom. The SMILES string of the molecule is CC(C)(CCOC(=O)Oc1ccc([N+](=O)[O-])cc1)CN(C[C@H](O)[C@H](Cc1ccccc1)NC(=O)O[C@H]1CO[C@H]2OCC[C@H]21)S(=O)(=O)c1ccc2c(c1)OCO2. The molecule has 0 saturated carbocycles. The summed E-state index contributed by atoms with van der Waals surface area (Å²) in [6, 6.07) is 17.2. The minimum absolute atomic E-state index is 0.0423. The minimum atomic E-state index is -4.32. The second-order valence-corrected chi connectivity index (χ2v) is 16.1. The summed E-state index contributed by atoms with van der Waals surface area (Å²) in [6.07, 6.45) is -3.25. The molecule has 2 N–H and O–H groups in total. The topological polar surface area (TPSA) is 212 Å². The number of nitro groups is 1. The number of non-ortho nitro benzene ring substituents is 1. The van der Waals surface area contributed by atoms with E-state index in [9.17, 15) is 33.2 Å². The van der Waals surface area contributed by atoms with E-state index in [0.717, 1.165) is 9.87 Å². The number of fused-ring (bicyclic) bond motifs is 2. The number of sulfonamides is 1. The Balaban J connectivity index is 1.17. The predicted octanol–water partition coefficient (Wildman–Crippen LogP) is 4.41. The maximum atomic E-state index is 14.4. The fraction of sp³-hybridized carbons (Fsp3) is 0.459. The molecule has 2 saturated heterocycles. The number of amides is 1. The van der Waals surface area contributed by atoms with E-state index in [4.69, 9.17) is 33.2 Å². The molecule has 3 aliphatic heterocycles. The summed E-state index contributed by atoms with van der Waals surface area (Å²) in [4.78, 5) is 35.9. The van der Waals surface area contributed by atoms with E-state index in [-0.39, 0.29) is 67.4 Å². The fourth-order valence-electron chi connectivity index (χ4n) is 6.52. The molecule has 5 atom stereocenters. The van der Waals surface area contributed by atoms with Crippen molar-refractivity contribution in [3.05, 3.63) is 88.5 Å². The van der Waals surface area contributed by atoms with Gasteiger partial charge in [0.1, 0.15) is 11.9 Å². The first-order valence-corrected chi connectivity index (χ1v) is 19.1. The number of carbonyl (C=O) groups is 2. The number of rotatable bonds is 16. The van der Waals surface area contributed by atoms with Crippen molar-refractivity contribution in [3.8, 4) is 17.2 Å². The van der Waals surface area contributed by atoms with Crippen LogP contribution in [0.5, 0.6) is 17.2 Å². The Bertz CT molecular complexity index is 1930. The van der Waals surface area contributed by atoms with Crippen molar-refractivity contribution in [2.75, 3.05) is 39.7 Å². The van der Waals surface area contributed by atoms with Gasteiger partial charge in [0.25, 0.3) is 5.69 Å². The van der Waals surface area contributed by atoms with Crippen molar-refractivity contribution in [2.24, 2.45) is 11.3 Å². The molecule has 17 nitrogen and oxygen atoms in total. The summed E-state index contributed by atoms with van der Waals surface area (Å²) < 4.78 is 67.9. The van der Waals surface area contributed by atoms with Gasteiger partial charge in [0.2, 0.25) is 16.8 Å². The van der Waals surface area contributed by atoms with Gasteiger partial charge in [0.15, 0.2) is 17.8 Å². The third-order valence-corrected chi connectivity index (χ3v) is 11.3. The van der Waals surface area contributed by atoms with Crippen molar-refractivity contribution in [2.45, 2.75) is 62.5 Å². The summed E-state index contributed by atoms with van der Waals surface area (Å²) in [5.74, 6) is 0.567. The van der Waals surface area contributed by atoms with Crippen LogP contribution in [0.25, 0.3) is 0 Å². The van der Waals surface area contributed by atoms with E-state index in [1.54, 1.807) is 13.8 Å². The van der Waals surface area contributed by atoms with Crippen molar-refractivity contribution >= 4 is 28.0 Å². The van der Waals surface area contributed by atoms with Crippen LogP contribution in [0, 0.1) is 21.4 Å². The van der Waals surface area contributed by atoms with Gasteiger partial charge < -0.3 is 43.6 Å². The Labute approximate surface area is 317 Å². The largest absolute Gasteiger partial charge is 0.513 e. The number of carbonyl (C=O) groups excluding carboxylic acids is 2. The summed E-state index contributed by atoms with van der Waals surface area (Å²) in [6.45, 7) is 3.39. The lowest BCUT2D eigenvalue weighted by atomic mass is 9.89. The second-order valence-electron chi connectivity index (χ2n) is 14.2. The second kappa shape index (κ2) is 17.2. The quantitative estimate of drug-likeness (QED) is 0.0892. The molecular weight excluding hydrogens is 742 g/mol. The van der Waals surface area contributed by atoms with Crippen molar-refractivity contribution < 1.29 is 61.2 Å². The number of benzene rings is 3. The first-order valence-electron chi connectivity index (χ1n) is 17.7. The highest BCUT2D eigenvalue weighted by atomic mass is 32.2. The van der Waals surface area contributed by atoms with Gasteiger partial charge in [0.05, 0.1) is 47.7 Å². The van der Waals surface area contributed by atoms with Crippen LogP contribution in [0.1, 0.15) is 32.3 Å².